The van der Waals surface area contributed by atoms with Crippen molar-refractivity contribution < 1.29 is 9.90 Å². The van der Waals surface area contributed by atoms with E-state index in [4.69, 9.17) is 5.11 Å². The number of carbonyl (C=O) groups excluding carboxylic acids is 1. The minimum absolute atomic E-state index is 0.0867. The molecule has 1 aliphatic heterocycles. The summed E-state index contributed by atoms with van der Waals surface area (Å²) in [5.74, 6) is 0.224. The summed E-state index contributed by atoms with van der Waals surface area (Å²) in [5, 5.41) is 12.0. The molecule has 4 nitrogen and oxygen atoms in total. The van der Waals surface area contributed by atoms with Crippen LogP contribution in [0.25, 0.3) is 0 Å². The van der Waals surface area contributed by atoms with Gasteiger partial charge in [0.2, 0.25) is 0 Å². The fourth-order valence-electron chi connectivity index (χ4n) is 2.13. The minimum Gasteiger partial charge on any atom is -0.396 e. The van der Waals surface area contributed by atoms with E-state index >= 15 is 0 Å². The molecule has 2 amide bonds. The molecule has 1 heterocycles. The number of likely N-dealkylation sites (tertiary alicyclic amines) is 1. The first-order chi connectivity index (χ1) is 8.60. The van der Waals surface area contributed by atoms with Crippen molar-refractivity contribution in [1.82, 2.24) is 4.90 Å². The fraction of sp³-hybridized carbons (Fsp3) is 0.462. The van der Waals surface area contributed by atoms with Crippen LogP contribution in [0.5, 0.6) is 0 Å². The molecule has 98 valence electrons. The number of halogens is 1. The van der Waals surface area contributed by atoms with Gasteiger partial charge in [0, 0.05) is 35.8 Å². The van der Waals surface area contributed by atoms with E-state index in [-0.39, 0.29) is 18.6 Å². The molecule has 18 heavy (non-hydrogen) atoms. The van der Waals surface area contributed by atoms with E-state index in [0.717, 1.165) is 22.1 Å². The summed E-state index contributed by atoms with van der Waals surface area (Å²) in [6, 6.07) is 5.67. The molecule has 0 spiro atoms. The fourth-order valence-corrected chi connectivity index (χ4v) is 2.60. The lowest BCUT2D eigenvalue weighted by atomic mass is 10.1. The molecular weight excluding hydrogens is 296 g/mol. The van der Waals surface area contributed by atoms with Crippen molar-refractivity contribution in [3.63, 3.8) is 0 Å². The van der Waals surface area contributed by atoms with Crippen LogP contribution in [0.2, 0.25) is 0 Å². The highest BCUT2D eigenvalue weighted by molar-refractivity contribution is 9.10. The SMILES string of the molecule is Cc1cc(Br)ccc1NC(=O)N1CCC(CO)C1. The normalized spacial score (nSPS) is 19.1. The lowest BCUT2D eigenvalue weighted by Crippen LogP contribution is -2.33. The van der Waals surface area contributed by atoms with Crippen LogP contribution in [0.1, 0.15) is 12.0 Å². The van der Waals surface area contributed by atoms with Gasteiger partial charge in [0.1, 0.15) is 0 Å². The largest absolute Gasteiger partial charge is 0.396 e. The number of aryl methyl sites for hydroxylation is 1. The number of benzene rings is 1. The number of hydrogen-bond acceptors (Lipinski definition) is 2. The van der Waals surface area contributed by atoms with Crippen molar-refractivity contribution >= 4 is 27.6 Å². The second-order valence-corrected chi connectivity index (χ2v) is 5.59. The van der Waals surface area contributed by atoms with Gasteiger partial charge in [0.05, 0.1) is 0 Å². The van der Waals surface area contributed by atoms with Crippen molar-refractivity contribution in [3.05, 3.63) is 28.2 Å². The van der Waals surface area contributed by atoms with Gasteiger partial charge in [-0.25, -0.2) is 4.79 Å². The monoisotopic (exact) mass is 312 g/mol. The van der Waals surface area contributed by atoms with Crippen molar-refractivity contribution in [2.45, 2.75) is 13.3 Å². The molecule has 2 N–H and O–H groups in total. The summed E-state index contributed by atoms with van der Waals surface area (Å²) in [4.78, 5) is 13.8. The topological polar surface area (TPSA) is 52.6 Å². The Labute approximate surface area is 115 Å². The van der Waals surface area contributed by atoms with Gasteiger partial charge >= 0.3 is 6.03 Å². The lowest BCUT2D eigenvalue weighted by molar-refractivity contribution is 0.208. The second-order valence-electron chi connectivity index (χ2n) is 4.67. The number of carbonyl (C=O) groups is 1. The van der Waals surface area contributed by atoms with Crippen LogP contribution in [0, 0.1) is 12.8 Å². The van der Waals surface area contributed by atoms with Gasteiger partial charge in [-0.15, -0.1) is 0 Å². The van der Waals surface area contributed by atoms with Crippen molar-refractivity contribution in [1.29, 1.82) is 0 Å². The number of amides is 2. The van der Waals surface area contributed by atoms with Crippen LogP contribution in [0.3, 0.4) is 0 Å². The van der Waals surface area contributed by atoms with Crippen LogP contribution in [-0.4, -0.2) is 35.7 Å². The lowest BCUT2D eigenvalue weighted by Gasteiger charge is -2.18. The summed E-state index contributed by atoms with van der Waals surface area (Å²) < 4.78 is 1.000. The van der Waals surface area contributed by atoms with Gasteiger partial charge in [-0.2, -0.15) is 0 Å². The average molecular weight is 313 g/mol. The third-order valence-corrected chi connectivity index (χ3v) is 3.75. The molecule has 1 fully saturated rings. The Balaban J connectivity index is 1.99. The van der Waals surface area contributed by atoms with E-state index in [2.05, 4.69) is 21.2 Å². The Hall–Kier alpha value is -1.07. The Kier molecular flexibility index (Phi) is 4.24. The zero-order valence-corrected chi connectivity index (χ0v) is 11.9. The van der Waals surface area contributed by atoms with E-state index in [9.17, 15) is 4.79 Å². The molecule has 0 aromatic heterocycles. The van der Waals surface area contributed by atoms with E-state index in [1.54, 1.807) is 4.90 Å². The number of hydrogen-bond donors (Lipinski definition) is 2. The molecule has 0 saturated carbocycles. The van der Waals surface area contributed by atoms with Crippen LogP contribution in [0.15, 0.2) is 22.7 Å². The number of nitrogens with zero attached hydrogens (tertiary/aromatic N) is 1. The Morgan fingerprint density at radius 1 is 1.61 bits per heavy atom. The Morgan fingerprint density at radius 3 is 3.00 bits per heavy atom. The first-order valence-corrected chi connectivity index (χ1v) is 6.82. The number of rotatable bonds is 2. The van der Waals surface area contributed by atoms with Crippen molar-refractivity contribution in [2.75, 3.05) is 25.0 Å². The maximum absolute atomic E-state index is 12.0. The average Bonchev–Trinajstić information content (AvgIpc) is 2.81. The maximum atomic E-state index is 12.0. The van der Waals surface area contributed by atoms with E-state index in [0.29, 0.717) is 13.1 Å². The molecular formula is C13H17BrN2O2. The molecule has 5 heteroatoms. The zero-order chi connectivity index (χ0) is 13.1. The molecule has 1 aliphatic rings. The number of urea groups is 1. The Morgan fingerprint density at radius 2 is 2.39 bits per heavy atom. The molecule has 1 aromatic carbocycles. The molecule has 1 saturated heterocycles. The van der Waals surface area contributed by atoms with Crippen LogP contribution < -0.4 is 5.32 Å². The zero-order valence-electron chi connectivity index (χ0n) is 10.3. The molecule has 1 aromatic rings. The number of aliphatic hydroxyl groups excluding tert-OH is 1. The van der Waals surface area contributed by atoms with Crippen LogP contribution in [0.4, 0.5) is 10.5 Å². The summed E-state index contributed by atoms with van der Waals surface area (Å²) in [6.45, 7) is 3.46. The van der Waals surface area contributed by atoms with Crippen molar-refractivity contribution in [3.8, 4) is 0 Å². The van der Waals surface area contributed by atoms with Gasteiger partial charge in [-0.1, -0.05) is 15.9 Å². The summed E-state index contributed by atoms with van der Waals surface area (Å²) in [7, 11) is 0. The predicted octanol–water partition coefficient (Wildman–Crippen LogP) is 2.60. The molecule has 1 atom stereocenters. The minimum atomic E-state index is -0.0867. The van der Waals surface area contributed by atoms with E-state index in [1.165, 1.54) is 0 Å². The maximum Gasteiger partial charge on any atom is 0.321 e. The first kappa shape index (κ1) is 13.4. The third-order valence-electron chi connectivity index (χ3n) is 3.26. The number of anilines is 1. The summed E-state index contributed by atoms with van der Waals surface area (Å²) >= 11 is 3.40. The smallest absolute Gasteiger partial charge is 0.321 e. The second kappa shape index (κ2) is 5.71. The number of nitrogens with one attached hydrogen (secondary N) is 1. The summed E-state index contributed by atoms with van der Waals surface area (Å²) in [6.07, 6.45) is 0.878. The van der Waals surface area contributed by atoms with Gasteiger partial charge in [-0.05, 0) is 37.1 Å². The van der Waals surface area contributed by atoms with Gasteiger partial charge in [0.15, 0.2) is 0 Å². The predicted molar refractivity (Wildman–Crippen MR) is 74.7 cm³/mol. The standard InChI is InChI=1S/C13H17BrN2O2/c1-9-6-11(14)2-3-12(9)15-13(18)16-5-4-10(7-16)8-17/h2-3,6,10,17H,4-5,7-8H2,1H3,(H,15,18). The number of aliphatic hydroxyl groups is 1. The van der Waals surface area contributed by atoms with Crippen LogP contribution >= 0.6 is 15.9 Å². The highest BCUT2D eigenvalue weighted by Crippen LogP contribution is 2.22. The van der Waals surface area contributed by atoms with Gasteiger partial charge in [0.25, 0.3) is 0 Å². The molecule has 1 unspecified atom stereocenters. The van der Waals surface area contributed by atoms with E-state index in [1.807, 2.05) is 25.1 Å². The van der Waals surface area contributed by atoms with Gasteiger partial charge in [-0.3, -0.25) is 0 Å². The molecule has 0 radical (unpaired) electrons. The summed E-state index contributed by atoms with van der Waals surface area (Å²) in [5.41, 5.74) is 1.85. The van der Waals surface area contributed by atoms with Crippen molar-refractivity contribution in [2.24, 2.45) is 5.92 Å². The highest BCUT2D eigenvalue weighted by atomic mass is 79.9. The van der Waals surface area contributed by atoms with Crippen LogP contribution in [-0.2, 0) is 0 Å². The quantitative estimate of drug-likeness (QED) is 0.882. The third kappa shape index (κ3) is 3.03. The highest BCUT2D eigenvalue weighted by Gasteiger charge is 2.25. The van der Waals surface area contributed by atoms with E-state index < -0.39 is 0 Å². The van der Waals surface area contributed by atoms with Gasteiger partial charge < -0.3 is 15.3 Å². The molecule has 0 aliphatic carbocycles. The molecule has 0 bridgehead atoms. The molecule has 2 rings (SSSR count). The Bertz CT molecular complexity index is 451. The first-order valence-electron chi connectivity index (χ1n) is 6.03.